The summed E-state index contributed by atoms with van der Waals surface area (Å²) in [6, 6.07) is 4.28. The average Bonchev–Trinajstić information content (AvgIpc) is 2.70. The Kier molecular flexibility index (Phi) is 5.09. The summed E-state index contributed by atoms with van der Waals surface area (Å²) in [6.45, 7) is 2.75. The molecule has 0 fully saturated rings. The number of halogens is 6. The Morgan fingerprint density at radius 3 is 2.12 bits per heavy atom. The maximum absolute atomic E-state index is 14.0. The highest BCUT2D eigenvalue weighted by Crippen LogP contribution is 2.57. The van der Waals surface area contributed by atoms with Crippen molar-refractivity contribution >= 4 is 0 Å². The molecule has 0 atom stereocenters. The van der Waals surface area contributed by atoms with E-state index in [2.05, 4.69) is 0 Å². The van der Waals surface area contributed by atoms with Crippen LogP contribution in [0.4, 0.5) is 26.3 Å². The molecule has 0 saturated heterocycles. The van der Waals surface area contributed by atoms with Crippen molar-refractivity contribution in [3.63, 3.8) is 0 Å². The van der Waals surface area contributed by atoms with E-state index in [0.29, 0.717) is 0 Å². The number of nitriles is 1. The van der Waals surface area contributed by atoms with Crippen molar-refractivity contribution in [2.45, 2.75) is 38.0 Å². The fraction of sp³-hybridized carbons (Fsp3) is 0.316. The lowest BCUT2D eigenvalue weighted by Crippen LogP contribution is -2.55. The highest BCUT2D eigenvalue weighted by Gasteiger charge is 2.73. The predicted molar refractivity (Wildman–Crippen MR) is 85.3 cm³/mol. The Labute approximate surface area is 146 Å². The van der Waals surface area contributed by atoms with Gasteiger partial charge in [-0.05, 0) is 43.0 Å². The number of allylic oxidation sites excluding steroid dienone is 6. The second kappa shape index (κ2) is 6.67. The molecule has 1 aromatic carbocycles. The van der Waals surface area contributed by atoms with Gasteiger partial charge in [0.25, 0.3) is 0 Å². The lowest BCUT2D eigenvalue weighted by Gasteiger charge is -2.40. The van der Waals surface area contributed by atoms with Crippen LogP contribution in [-0.4, -0.2) is 12.4 Å². The number of alkyl halides is 6. The molecule has 0 unspecified atom stereocenters. The van der Waals surface area contributed by atoms with E-state index in [-0.39, 0.29) is 16.7 Å². The van der Waals surface area contributed by atoms with Crippen LogP contribution in [0.5, 0.6) is 0 Å². The highest BCUT2D eigenvalue weighted by atomic mass is 19.4. The molecule has 0 N–H and O–H groups in total. The van der Waals surface area contributed by atoms with E-state index in [1.54, 1.807) is 6.07 Å². The standard InChI is InChI=1S/C19H15F6N/c1-12-5-3-4-6-15(9-12)17(18(20,21)22,19(23,24)25)16-8-7-14(11-26)13(2)10-16/h3-5,7-10H,6H2,1-2H3. The first kappa shape index (κ1) is 19.8. The average molecular weight is 371 g/mol. The number of aryl methyl sites for hydroxylation is 1. The number of benzene rings is 1. The largest absolute Gasteiger partial charge is 0.410 e. The molecule has 7 heteroatoms. The minimum atomic E-state index is -5.61. The van der Waals surface area contributed by atoms with Crippen LogP contribution in [0.2, 0.25) is 0 Å². The van der Waals surface area contributed by atoms with Crippen molar-refractivity contribution in [2.24, 2.45) is 0 Å². The summed E-state index contributed by atoms with van der Waals surface area (Å²) in [5.74, 6) is 0. The van der Waals surface area contributed by atoms with Gasteiger partial charge in [0.2, 0.25) is 5.41 Å². The predicted octanol–water partition coefficient (Wildman–Crippen LogP) is 6.06. The van der Waals surface area contributed by atoms with Crippen LogP contribution < -0.4 is 0 Å². The topological polar surface area (TPSA) is 23.8 Å². The molecular weight excluding hydrogens is 356 g/mol. The van der Waals surface area contributed by atoms with E-state index < -0.39 is 35.3 Å². The van der Waals surface area contributed by atoms with Crippen LogP contribution in [0.3, 0.4) is 0 Å². The second-order valence-corrected chi connectivity index (χ2v) is 6.10. The quantitative estimate of drug-likeness (QED) is 0.580. The molecule has 0 amide bonds. The molecule has 1 aromatic rings. The third-order valence-corrected chi connectivity index (χ3v) is 4.35. The fourth-order valence-corrected chi connectivity index (χ4v) is 3.12. The Morgan fingerprint density at radius 1 is 1.00 bits per heavy atom. The van der Waals surface area contributed by atoms with E-state index >= 15 is 0 Å². The van der Waals surface area contributed by atoms with Gasteiger partial charge in [0.05, 0.1) is 11.6 Å². The zero-order valence-electron chi connectivity index (χ0n) is 14.0. The van der Waals surface area contributed by atoms with Gasteiger partial charge < -0.3 is 0 Å². The molecule has 0 aliphatic heterocycles. The van der Waals surface area contributed by atoms with Crippen molar-refractivity contribution in [2.75, 3.05) is 0 Å². The van der Waals surface area contributed by atoms with Crippen molar-refractivity contribution in [3.8, 4) is 6.07 Å². The second-order valence-electron chi connectivity index (χ2n) is 6.10. The number of hydrogen-bond donors (Lipinski definition) is 0. The Bertz CT molecular complexity index is 817. The number of nitrogens with zero attached hydrogens (tertiary/aromatic N) is 1. The summed E-state index contributed by atoms with van der Waals surface area (Å²) in [4.78, 5) is 0. The van der Waals surface area contributed by atoms with E-state index in [9.17, 15) is 26.3 Å². The number of rotatable bonds is 2. The van der Waals surface area contributed by atoms with Gasteiger partial charge in [-0.1, -0.05) is 42.0 Å². The van der Waals surface area contributed by atoms with Gasteiger partial charge in [0.1, 0.15) is 0 Å². The van der Waals surface area contributed by atoms with Crippen molar-refractivity contribution < 1.29 is 26.3 Å². The van der Waals surface area contributed by atoms with Crippen molar-refractivity contribution in [1.29, 1.82) is 5.26 Å². The lowest BCUT2D eigenvalue weighted by molar-refractivity contribution is -0.290. The summed E-state index contributed by atoms with van der Waals surface area (Å²) < 4.78 is 84.3. The SMILES string of the molecule is CC1=CC=CCC(C(c2ccc(C#N)c(C)c2)(C(F)(F)F)C(F)(F)F)=C1. The smallest absolute Gasteiger partial charge is 0.192 e. The first-order chi connectivity index (χ1) is 11.9. The molecule has 138 valence electrons. The maximum Gasteiger partial charge on any atom is 0.410 e. The Hall–Kier alpha value is -2.49. The summed E-state index contributed by atoms with van der Waals surface area (Å²) in [6.07, 6.45) is -6.63. The normalized spacial score (nSPS) is 15.8. The van der Waals surface area contributed by atoms with E-state index in [0.717, 1.165) is 24.3 Å². The third-order valence-electron chi connectivity index (χ3n) is 4.35. The van der Waals surface area contributed by atoms with Crippen LogP contribution >= 0.6 is 0 Å². The molecule has 0 saturated carbocycles. The van der Waals surface area contributed by atoms with Crippen LogP contribution in [0.15, 0.2) is 53.6 Å². The minimum Gasteiger partial charge on any atom is -0.192 e. The fourth-order valence-electron chi connectivity index (χ4n) is 3.12. The molecule has 0 bridgehead atoms. The van der Waals surface area contributed by atoms with Crippen LogP contribution in [0.25, 0.3) is 0 Å². The molecule has 0 spiro atoms. The summed E-state index contributed by atoms with van der Waals surface area (Å²) >= 11 is 0. The van der Waals surface area contributed by atoms with Crippen molar-refractivity contribution in [3.05, 3.63) is 70.3 Å². The van der Waals surface area contributed by atoms with Gasteiger partial charge in [0, 0.05) is 0 Å². The molecular formula is C19H15F6N. The maximum atomic E-state index is 14.0. The lowest BCUT2D eigenvalue weighted by atomic mass is 9.70. The summed E-state index contributed by atoms with van der Waals surface area (Å²) in [5, 5.41) is 8.93. The highest BCUT2D eigenvalue weighted by molar-refractivity contribution is 5.50. The molecule has 0 heterocycles. The Balaban J connectivity index is 2.91. The monoisotopic (exact) mass is 371 g/mol. The first-order valence-electron chi connectivity index (χ1n) is 7.64. The van der Waals surface area contributed by atoms with Crippen molar-refractivity contribution in [1.82, 2.24) is 0 Å². The van der Waals surface area contributed by atoms with Crippen LogP contribution in [-0.2, 0) is 5.41 Å². The van der Waals surface area contributed by atoms with Crippen LogP contribution in [0, 0.1) is 18.3 Å². The zero-order chi connectivity index (χ0) is 19.8. The van der Waals surface area contributed by atoms with Gasteiger partial charge in [-0.25, -0.2) is 0 Å². The van der Waals surface area contributed by atoms with Gasteiger partial charge in [-0.3, -0.25) is 0 Å². The molecule has 1 nitrogen and oxygen atoms in total. The number of hydrogen-bond acceptors (Lipinski definition) is 1. The van der Waals surface area contributed by atoms with Gasteiger partial charge in [0.15, 0.2) is 0 Å². The van der Waals surface area contributed by atoms with Gasteiger partial charge in [-0.2, -0.15) is 31.6 Å². The zero-order valence-corrected chi connectivity index (χ0v) is 14.0. The van der Waals surface area contributed by atoms with Gasteiger partial charge in [-0.15, -0.1) is 0 Å². The minimum absolute atomic E-state index is 0.0258. The van der Waals surface area contributed by atoms with Gasteiger partial charge >= 0.3 is 12.4 Å². The Morgan fingerprint density at radius 2 is 1.62 bits per heavy atom. The summed E-state index contributed by atoms with van der Waals surface area (Å²) in [5.41, 5.74) is -5.52. The summed E-state index contributed by atoms with van der Waals surface area (Å²) in [7, 11) is 0. The van der Waals surface area contributed by atoms with Crippen LogP contribution in [0.1, 0.15) is 30.0 Å². The van der Waals surface area contributed by atoms with E-state index in [4.69, 9.17) is 5.26 Å². The van der Waals surface area contributed by atoms with E-state index in [1.165, 1.54) is 32.1 Å². The molecule has 0 radical (unpaired) electrons. The first-order valence-corrected chi connectivity index (χ1v) is 7.64. The molecule has 1 aliphatic rings. The third kappa shape index (κ3) is 3.16. The molecule has 0 aromatic heterocycles. The molecule has 1 aliphatic carbocycles. The van der Waals surface area contributed by atoms with E-state index in [1.807, 2.05) is 0 Å². The molecule has 2 rings (SSSR count). The molecule has 26 heavy (non-hydrogen) atoms.